The number of hydrazine groups is 1. The van der Waals surface area contributed by atoms with Crippen LogP contribution < -0.4 is 11.3 Å². The second-order valence-corrected chi connectivity index (χ2v) is 4.13. The molecule has 0 saturated heterocycles. The molecule has 1 heterocycles. The zero-order chi connectivity index (χ0) is 14.5. The first-order chi connectivity index (χ1) is 8.85. The number of ether oxygens (including phenoxy) is 1. The van der Waals surface area contributed by atoms with Crippen molar-refractivity contribution in [2.24, 2.45) is 12.9 Å². The molecule has 19 heavy (non-hydrogen) atoms. The van der Waals surface area contributed by atoms with Crippen molar-refractivity contribution in [1.82, 2.24) is 15.2 Å². The maximum atomic E-state index is 12.6. The minimum atomic E-state index is -4.15. The predicted molar refractivity (Wildman–Crippen MR) is 59.8 cm³/mol. The number of aryl methyl sites for hydroxylation is 1. The van der Waals surface area contributed by atoms with Gasteiger partial charge in [-0.05, 0) is 6.07 Å². The van der Waals surface area contributed by atoms with Gasteiger partial charge in [0.25, 0.3) is 0 Å². The maximum Gasteiger partial charge on any atom is 0.330 e. The lowest BCUT2D eigenvalue weighted by Gasteiger charge is -2.18. The highest BCUT2D eigenvalue weighted by Gasteiger charge is 2.41. The van der Waals surface area contributed by atoms with Crippen LogP contribution in [-0.4, -0.2) is 41.4 Å². The number of hydrogen-bond donors (Lipinski definition) is 2. The van der Waals surface area contributed by atoms with Crippen molar-refractivity contribution in [3.63, 3.8) is 0 Å². The first-order valence-electron chi connectivity index (χ1n) is 5.53. The van der Waals surface area contributed by atoms with Gasteiger partial charge >= 0.3 is 12.3 Å². The zero-order valence-electron chi connectivity index (χ0n) is 10.3. The van der Waals surface area contributed by atoms with Crippen molar-refractivity contribution in [3.8, 4) is 0 Å². The SMILES string of the molecule is Cn1ccc(CC(COCC(F)(F)C(F)F)NN)n1. The first kappa shape index (κ1) is 15.9. The third-order valence-corrected chi connectivity index (χ3v) is 2.39. The highest BCUT2D eigenvalue weighted by molar-refractivity contribution is 5.01. The molecule has 0 amide bonds. The molecule has 0 saturated carbocycles. The number of hydrogen-bond acceptors (Lipinski definition) is 4. The van der Waals surface area contributed by atoms with E-state index in [9.17, 15) is 17.6 Å². The average Bonchev–Trinajstić information content (AvgIpc) is 2.73. The Morgan fingerprint density at radius 2 is 2.21 bits per heavy atom. The molecule has 1 rings (SSSR count). The summed E-state index contributed by atoms with van der Waals surface area (Å²) in [7, 11) is 1.73. The lowest BCUT2D eigenvalue weighted by Crippen LogP contribution is -2.42. The van der Waals surface area contributed by atoms with E-state index in [1.807, 2.05) is 0 Å². The average molecular weight is 284 g/mol. The summed E-state index contributed by atoms with van der Waals surface area (Å²) in [6.45, 7) is -1.56. The number of rotatable bonds is 8. The fourth-order valence-electron chi connectivity index (χ4n) is 1.39. The van der Waals surface area contributed by atoms with Gasteiger partial charge in [0, 0.05) is 19.7 Å². The third-order valence-electron chi connectivity index (χ3n) is 2.39. The normalized spacial score (nSPS) is 14.1. The van der Waals surface area contributed by atoms with Crippen LogP contribution in [0.5, 0.6) is 0 Å². The summed E-state index contributed by atoms with van der Waals surface area (Å²) in [5, 5.41) is 4.08. The molecule has 110 valence electrons. The molecular weight excluding hydrogens is 268 g/mol. The molecule has 0 spiro atoms. The Labute approximate surface area is 107 Å². The van der Waals surface area contributed by atoms with Crippen molar-refractivity contribution < 1.29 is 22.3 Å². The van der Waals surface area contributed by atoms with Crippen LogP contribution >= 0.6 is 0 Å². The lowest BCUT2D eigenvalue weighted by molar-refractivity contribution is -0.167. The van der Waals surface area contributed by atoms with E-state index < -0.39 is 25.0 Å². The smallest absolute Gasteiger partial charge is 0.330 e. The van der Waals surface area contributed by atoms with Crippen LogP contribution in [0.25, 0.3) is 0 Å². The molecule has 1 aromatic heterocycles. The molecule has 1 aromatic rings. The monoisotopic (exact) mass is 284 g/mol. The molecule has 0 radical (unpaired) electrons. The van der Waals surface area contributed by atoms with E-state index in [-0.39, 0.29) is 6.61 Å². The Balaban J connectivity index is 2.37. The van der Waals surface area contributed by atoms with Gasteiger partial charge in [0.15, 0.2) is 0 Å². The van der Waals surface area contributed by atoms with Gasteiger partial charge in [0.05, 0.1) is 18.3 Å². The van der Waals surface area contributed by atoms with Gasteiger partial charge in [-0.1, -0.05) is 0 Å². The van der Waals surface area contributed by atoms with Crippen molar-refractivity contribution in [3.05, 3.63) is 18.0 Å². The minimum absolute atomic E-state index is 0.213. The summed E-state index contributed by atoms with van der Waals surface area (Å²) in [6, 6.07) is 1.25. The molecule has 0 aromatic carbocycles. The van der Waals surface area contributed by atoms with E-state index in [1.54, 1.807) is 24.0 Å². The molecule has 0 aliphatic carbocycles. The Kier molecular flexibility index (Phi) is 5.70. The van der Waals surface area contributed by atoms with E-state index in [0.717, 1.165) is 0 Å². The van der Waals surface area contributed by atoms with Gasteiger partial charge in [-0.15, -0.1) is 0 Å². The largest absolute Gasteiger partial charge is 0.373 e. The van der Waals surface area contributed by atoms with E-state index in [4.69, 9.17) is 5.84 Å². The second-order valence-electron chi connectivity index (χ2n) is 4.13. The molecule has 0 fully saturated rings. The molecule has 0 bridgehead atoms. The summed E-state index contributed by atoms with van der Waals surface area (Å²) in [4.78, 5) is 0. The highest BCUT2D eigenvalue weighted by atomic mass is 19.3. The van der Waals surface area contributed by atoms with Crippen LogP contribution in [0.4, 0.5) is 17.6 Å². The summed E-state index contributed by atoms with van der Waals surface area (Å²) in [5.41, 5.74) is 3.06. The quantitative estimate of drug-likeness (QED) is 0.419. The van der Waals surface area contributed by atoms with Crippen molar-refractivity contribution in [2.75, 3.05) is 13.2 Å². The van der Waals surface area contributed by atoms with Gasteiger partial charge in [-0.2, -0.15) is 13.9 Å². The maximum absolute atomic E-state index is 12.6. The van der Waals surface area contributed by atoms with Gasteiger partial charge in [-0.3, -0.25) is 16.0 Å². The molecule has 1 unspecified atom stereocenters. The number of nitrogens with one attached hydrogen (secondary N) is 1. The standard InChI is InChI=1S/C10H16F4N4O/c1-18-3-2-7(17-18)4-8(16-15)5-19-6-10(13,14)9(11)12/h2-3,8-9,16H,4-6,15H2,1H3. The van der Waals surface area contributed by atoms with Gasteiger partial charge in [0.1, 0.15) is 6.61 Å². The second kappa shape index (κ2) is 6.83. The summed E-state index contributed by atoms with van der Waals surface area (Å²) in [6.07, 6.45) is -1.68. The minimum Gasteiger partial charge on any atom is -0.373 e. The topological polar surface area (TPSA) is 65.1 Å². The highest BCUT2D eigenvalue weighted by Crippen LogP contribution is 2.22. The number of aromatic nitrogens is 2. The van der Waals surface area contributed by atoms with Gasteiger partial charge in [-0.25, -0.2) is 8.78 Å². The molecule has 9 heteroatoms. The Bertz CT molecular complexity index is 385. The lowest BCUT2D eigenvalue weighted by atomic mass is 10.2. The summed E-state index contributed by atoms with van der Waals surface area (Å²) < 4.78 is 55.1. The Morgan fingerprint density at radius 3 is 2.68 bits per heavy atom. The van der Waals surface area contributed by atoms with Crippen LogP contribution in [0.15, 0.2) is 12.3 Å². The van der Waals surface area contributed by atoms with Crippen molar-refractivity contribution in [2.45, 2.75) is 24.8 Å². The number of alkyl halides is 4. The van der Waals surface area contributed by atoms with Gasteiger partial charge < -0.3 is 4.74 Å². The zero-order valence-corrected chi connectivity index (χ0v) is 10.3. The molecule has 1 atom stereocenters. The third kappa shape index (κ3) is 5.13. The number of nitrogens with two attached hydrogens (primary N) is 1. The number of halogens is 4. The van der Waals surface area contributed by atoms with Crippen molar-refractivity contribution >= 4 is 0 Å². The fourth-order valence-corrected chi connectivity index (χ4v) is 1.39. The van der Waals surface area contributed by atoms with Crippen LogP contribution in [0.3, 0.4) is 0 Å². The molecule has 3 N–H and O–H groups in total. The van der Waals surface area contributed by atoms with Crippen LogP contribution in [0.1, 0.15) is 5.69 Å². The van der Waals surface area contributed by atoms with E-state index >= 15 is 0 Å². The molecule has 0 aliphatic heterocycles. The molecular formula is C10H16F4N4O. The van der Waals surface area contributed by atoms with E-state index in [2.05, 4.69) is 15.3 Å². The summed E-state index contributed by atoms with van der Waals surface area (Å²) >= 11 is 0. The fraction of sp³-hybridized carbons (Fsp3) is 0.700. The summed E-state index contributed by atoms with van der Waals surface area (Å²) in [5.74, 6) is 1.09. The van der Waals surface area contributed by atoms with Crippen molar-refractivity contribution in [1.29, 1.82) is 0 Å². The van der Waals surface area contributed by atoms with Crippen LogP contribution in [0, 0.1) is 0 Å². The van der Waals surface area contributed by atoms with Crippen LogP contribution in [0.2, 0.25) is 0 Å². The Hall–Kier alpha value is -1.19. The van der Waals surface area contributed by atoms with E-state index in [0.29, 0.717) is 12.1 Å². The molecule has 5 nitrogen and oxygen atoms in total. The van der Waals surface area contributed by atoms with Crippen LogP contribution in [-0.2, 0) is 18.2 Å². The first-order valence-corrected chi connectivity index (χ1v) is 5.53. The van der Waals surface area contributed by atoms with Gasteiger partial charge in [0.2, 0.25) is 0 Å². The van der Waals surface area contributed by atoms with E-state index in [1.165, 1.54) is 0 Å². The Morgan fingerprint density at radius 1 is 1.53 bits per heavy atom. The number of nitrogens with zero attached hydrogens (tertiary/aromatic N) is 2. The predicted octanol–water partition coefficient (Wildman–Crippen LogP) is 0.712. The molecule has 0 aliphatic rings.